The van der Waals surface area contributed by atoms with Crippen LogP contribution >= 0.6 is 0 Å². The van der Waals surface area contributed by atoms with Crippen LogP contribution in [0.4, 0.5) is 0 Å². The summed E-state index contributed by atoms with van der Waals surface area (Å²) in [7, 11) is -3.03. The van der Waals surface area contributed by atoms with Crippen molar-refractivity contribution < 1.29 is 13.2 Å². The van der Waals surface area contributed by atoms with E-state index in [1.807, 2.05) is 43.0 Å². The quantitative estimate of drug-likeness (QED) is 0.846. The number of nitrogens with zero attached hydrogens (tertiary/aromatic N) is 2. The van der Waals surface area contributed by atoms with E-state index < -0.39 is 9.84 Å². The van der Waals surface area contributed by atoms with Crippen LogP contribution in [-0.2, 0) is 9.84 Å². The van der Waals surface area contributed by atoms with Gasteiger partial charge in [0.25, 0.3) is 5.91 Å². The van der Waals surface area contributed by atoms with Crippen molar-refractivity contribution in [1.29, 1.82) is 0 Å². The van der Waals surface area contributed by atoms with Gasteiger partial charge >= 0.3 is 0 Å². The Bertz CT molecular complexity index is 964. The molecule has 1 aliphatic carbocycles. The van der Waals surface area contributed by atoms with Crippen molar-refractivity contribution in [3.05, 3.63) is 41.1 Å². The minimum absolute atomic E-state index is 0.0503. The maximum absolute atomic E-state index is 13.4. The molecule has 132 valence electrons. The molecule has 1 amide bonds. The minimum Gasteiger partial charge on any atom is -0.332 e. The van der Waals surface area contributed by atoms with E-state index in [0.29, 0.717) is 12.0 Å². The second-order valence-corrected chi connectivity index (χ2v) is 9.56. The van der Waals surface area contributed by atoms with Crippen molar-refractivity contribution in [2.45, 2.75) is 45.2 Å². The van der Waals surface area contributed by atoms with E-state index in [4.69, 9.17) is 0 Å². The van der Waals surface area contributed by atoms with Gasteiger partial charge in [-0.15, -0.1) is 0 Å². The number of hydrogen-bond donors (Lipinski definition) is 0. The zero-order valence-corrected chi connectivity index (χ0v) is 15.3. The molecule has 1 aliphatic heterocycles. The molecule has 2 aromatic rings. The first-order chi connectivity index (χ1) is 11.8. The second-order valence-electron chi connectivity index (χ2n) is 7.33. The Labute approximate surface area is 148 Å². The molecule has 1 aromatic carbocycles. The van der Waals surface area contributed by atoms with Gasteiger partial charge in [0.2, 0.25) is 0 Å². The van der Waals surface area contributed by atoms with E-state index in [0.717, 1.165) is 35.0 Å². The van der Waals surface area contributed by atoms with Crippen molar-refractivity contribution in [3.63, 3.8) is 0 Å². The lowest BCUT2D eigenvalue weighted by Crippen LogP contribution is -2.42. The summed E-state index contributed by atoms with van der Waals surface area (Å²) in [6.07, 6.45) is 2.47. The van der Waals surface area contributed by atoms with E-state index in [1.54, 1.807) is 0 Å². The first-order valence-corrected chi connectivity index (χ1v) is 10.6. The summed E-state index contributed by atoms with van der Waals surface area (Å²) in [5.74, 6) is 0.227. The Balaban J connectivity index is 1.78. The largest absolute Gasteiger partial charge is 0.332 e. The number of hydrogen-bond acceptors (Lipinski definition) is 4. The molecule has 5 nitrogen and oxygen atoms in total. The van der Waals surface area contributed by atoms with Gasteiger partial charge in [0.15, 0.2) is 9.84 Å². The highest BCUT2D eigenvalue weighted by Gasteiger charge is 2.42. The van der Waals surface area contributed by atoms with Crippen LogP contribution in [0, 0.1) is 13.8 Å². The average molecular weight is 358 g/mol. The lowest BCUT2D eigenvalue weighted by molar-refractivity contribution is 0.0682. The fraction of sp³-hybridized carbons (Fsp3) is 0.474. The summed E-state index contributed by atoms with van der Waals surface area (Å²) in [5.41, 5.74) is 3.33. The molecule has 0 N–H and O–H groups in total. The molecule has 6 heteroatoms. The molecule has 1 unspecified atom stereocenters. The third kappa shape index (κ3) is 3.15. The Hall–Kier alpha value is -1.95. The van der Waals surface area contributed by atoms with Gasteiger partial charge in [0, 0.05) is 23.2 Å². The molecule has 0 bridgehead atoms. The summed E-state index contributed by atoms with van der Waals surface area (Å²) in [4.78, 5) is 19.8. The van der Waals surface area contributed by atoms with Crippen LogP contribution in [0.5, 0.6) is 0 Å². The molecule has 2 fully saturated rings. The highest BCUT2D eigenvalue weighted by molar-refractivity contribution is 7.91. The fourth-order valence-electron chi connectivity index (χ4n) is 3.77. The van der Waals surface area contributed by atoms with E-state index >= 15 is 0 Å². The lowest BCUT2D eigenvalue weighted by atomic mass is 10.0. The predicted molar refractivity (Wildman–Crippen MR) is 97.5 cm³/mol. The summed E-state index contributed by atoms with van der Waals surface area (Å²) in [6.45, 7) is 3.88. The molecule has 0 spiro atoms. The van der Waals surface area contributed by atoms with Crippen molar-refractivity contribution in [2.24, 2.45) is 0 Å². The number of carbonyl (C=O) groups excluding carboxylic acids is 1. The van der Waals surface area contributed by atoms with E-state index in [-0.39, 0.29) is 29.5 Å². The van der Waals surface area contributed by atoms with Gasteiger partial charge < -0.3 is 4.90 Å². The number of fused-ring (bicyclic) bond motifs is 1. The first-order valence-electron chi connectivity index (χ1n) is 8.75. The van der Waals surface area contributed by atoms with Crippen molar-refractivity contribution >= 4 is 26.6 Å². The molecular weight excluding hydrogens is 336 g/mol. The van der Waals surface area contributed by atoms with Crippen LogP contribution in [0.15, 0.2) is 24.3 Å². The summed E-state index contributed by atoms with van der Waals surface area (Å²) in [6, 6.07) is 7.74. The van der Waals surface area contributed by atoms with Crippen LogP contribution in [0.2, 0.25) is 0 Å². The Morgan fingerprint density at radius 3 is 2.52 bits per heavy atom. The molecule has 2 heterocycles. The third-order valence-corrected chi connectivity index (χ3v) is 6.85. The molecular formula is C19H22N2O3S. The summed E-state index contributed by atoms with van der Waals surface area (Å²) >= 11 is 0. The number of aromatic nitrogens is 1. The van der Waals surface area contributed by atoms with Crippen LogP contribution in [0.1, 0.15) is 40.9 Å². The van der Waals surface area contributed by atoms with Gasteiger partial charge in [-0.1, -0.05) is 11.6 Å². The molecule has 1 atom stereocenters. The molecule has 1 aromatic heterocycles. The monoisotopic (exact) mass is 358 g/mol. The maximum atomic E-state index is 13.4. The lowest BCUT2D eigenvalue weighted by Gasteiger charge is -2.29. The Morgan fingerprint density at radius 2 is 1.88 bits per heavy atom. The molecule has 2 aliphatic rings. The Kier molecular flexibility index (Phi) is 3.83. The summed E-state index contributed by atoms with van der Waals surface area (Å²) < 4.78 is 23.8. The van der Waals surface area contributed by atoms with Crippen LogP contribution in [0.25, 0.3) is 10.9 Å². The highest BCUT2D eigenvalue weighted by Crippen LogP contribution is 2.34. The highest BCUT2D eigenvalue weighted by atomic mass is 32.2. The number of pyridine rings is 1. The number of rotatable bonds is 3. The van der Waals surface area contributed by atoms with Gasteiger partial charge in [-0.3, -0.25) is 9.78 Å². The van der Waals surface area contributed by atoms with Gasteiger partial charge in [-0.2, -0.15) is 0 Å². The van der Waals surface area contributed by atoms with Crippen molar-refractivity contribution in [1.82, 2.24) is 9.88 Å². The zero-order valence-electron chi connectivity index (χ0n) is 14.5. The summed E-state index contributed by atoms with van der Waals surface area (Å²) in [5, 5.41) is 0.849. The number of sulfone groups is 1. The van der Waals surface area contributed by atoms with E-state index in [9.17, 15) is 13.2 Å². The molecule has 1 saturated carbocycles. The Morgan fingerprint density at radius 1 is 1.12 bits per heavy atom. The van der Waals surface area contributed by atoms with Crippen LogP contribution in [0.3, 0.4) is 0 Å². The number of carbonyl (C=O) groups is 1. The molecule has 4 rings (SSSR count). The first kappa shape index (κ1) is 16.5. The predicted octanol–water partition coefficient (Wildman–Crippen LogP) is 2.64. The fourth-order valence-corrected chi connectivity index (χ4v) is 5.48. The minimum atomic E-state index is -3.03. The third-order valence-electron chi connectivity index (χ3n) is 5.10. The zero-order chi connectivity index (χ0) is 17.8. The van der Waals surface area contributed by atoms with Gasteiger partial charge in [-0.25, -0.2) is 8.42 Å². The van der Waals surface area contributed by atoms with Gasteiger partial charge in [0.05, 0.1) is 22.6 Å². The van der Waals surface area contributed by atoms with Crippen molar-refractivity contribution in [2.75, 3.05) is 11.5 Å². The SMILES string of the molecule is Cc1ccc2nc(C)cc(C(=O)N(C3CC3)C3CCS(=O)(=O)C3)c2c1. The molecule has 0 radical (unpaired) electrons. The van der Waals surface area contributed by atoms with Gasteiger partial charge in [0.1, 0.15) is 0 Å². The van der Waals surface area contributed by atoms with Crippen LogP contribution < -0.4 is 0 Å². The number of aryl methyl sites for hydroxylation is 2. The standard InChI is InChI=1S/C19H22N2O3S/c1-12-3-6-18-16(9-12)17(10-13(2)20-18)19(22)21(14-4-5-14)15-7-8-25(23,24)11-15/h3,6,9-10,14-15H,4-5,7-8,11H2,1-2H3. The average Bonchev–Trinajstić information content (AvgIpc) is 3.30. The second kappa shape index (κ2) is 5.80. The van der Waals surface area contributed by atoms with Gasteiger partial charge in [-0.05, 0) is 51.3 Å². The van der Waals surface area contributed by atoms with Crippen molar-refractivity contribution in [3.8, 4) is 0 Å². The number of amides is 1. The molecule has 25 heavy (non-hydrogen) atoms. The molecule has 1 saturated heterocycles. The maximum Gasteiger partial charge on any atom is 0.255 e. The topological polar surface area (TPSA) is 67.3 Å². The van der Waals surface area contributed by atoms with E-state index in [1.165, 1.54) is 0 Å². The number of benzene rings is 1. The van der Waals surface area contributed by atoms with Crippen LogP contribution in [-0.4, -0.2) is 47.8 Å². The normalized spacial score (nSPS) is 22.2. The smallest absolute Gasteiger partial charge is 0.255 e. The van der Waals surface area contributed by atoms with E-state index in [2.05, 4.69) is 4.98 Å².